The van der Waals surface area contributed by atoms with E-state index in [2.05, 4.69) is 40.3 Å². The van der Waals surface area contributed by atoms with Crippen LogP contribution in [-0.2, 0) is 6.54 Å². The van der Waals surface area contributed by atoms with Gasteiger partial charge in [0.05, 0.1) is 6.61 Å². The number of halogens is 1. The van der Waals surface area contributed by atoms with Crippen LogP contribution in [0.3, 0.4) is 0 Å². The van der Waals surface area contributed by atoms with Crippen LogP contribution >= 0.6 is 15.9 Å². The van der Waals surface area contributed by atoms with Gasteiger partial charge in [-0.05, 0) is 50.3 Å². The Bertz CT molecular complexity index is 419. The maximum Gasteiger partial charge on any atom is 0.126 e. The summed E-state index contributed by atoms with van der Waals surface area (Å²) in [5.41, 5.74) is 2.37. The first-order valence-corrected chi connectivity index (χ1v) is 7.76. The highest BCUT2D eigenvalue weighted by molar-refractivity contribution is 9.10. The molecule has 2 rings (SSSR count). The second-order valence-electron chi connectivity index (χ2n) is 5.15. The van der Waals surface area contributed by atoms with Crippen LogP contribution in [0.15, 0.2) is 16.6 Å². The first-order chi connectivity index (χ1) is 9.20. The van der Waals surface area contributed by atoms with Gasteiger partial charge in [0.1, 0.15) is 5.75 Å². The number of aliphatic hydroxyl groups is 1. The lowest BCUT2D eigenvalue weighted by Gasteiger charge is -2.15. The molecule has 1 aromatic carbocycles. The number of nitrogens with one attached hydrogen (secondary N) is 1. The van der Waals surface area contributed by atoms with Gasteiger partial charge >= 0.3 is 0 Å². The molecule has 0 radical (unpaired) electrons. The van der Waals surface area contributed by atoms with E-state index in [1.54, 1.807) is 0 Å². The molecule has 0 unspecified atom stereocenters. The minimum absolute atomic E-state index is 0.235. The van der Waals surface area contributed by atoms with E-state index in [4.69, 9.17) is 9.84 Å². The Labute approximate surface area is 123 Å². The number of benzene rings is 1. The summed E-state index contributed by atoms with van der Waals surface area (Å²) in [6.45, 7) is 3.84. The SMILES string of the molecule is Cc1cc(Br)cc(CNC2CC2)c1OCCCCO. The van der Waals surface area contributed by atoms with Gasteiger partial charge in [-0.15, -0.1) is 0 Å². The van der Waals surface area contributed by atoms with E-state index in [1.807, 2.05) is 0 Å². The third-order valence-corrected chi connectivity index (χ3v) is 3.73. The van der Waals surface area contributed by atoms with Crippen LogP contribution in [0.4, 0.5) is 0 Å². The molecule has 1 aromatic rings. The molecule has 0 atom stereocenters. The maximum atomic E-state index is 8.79. The minimum Gasteiger partial charge on any atom is -0.493 e. The highest BCUT2D eigenvalue weighted by atomic mass is 79.9. The van der Waals surface area contributed by atoms with Crippen LogP contribution < -0.4 is 10.1 Å². The van der Waals surface area contributed by atoms with Crippen LogP contribution in [0.1, 0.15) is 36.8 Å². The van der Waals surface area contributed by atoms with Crippen LogP contribution in [0.25, 0.3) is 0 Å². The molecule has 0 amide bonds. The second-order valence-corrected chi connectivity index (χ2v) is 6.06. The van der Waals surface area contributed by atoms with Crippen molar-refractivity contribution >= 4 is 15.9 Å². The lowest BCUT2D eigenvalue weighted by Crippen LogP contribution is -2.16. The number of aliphatic hydroxyl groups excluding tert-OH is 1. The van der Waals surface area contributed by atoms with Gasteiger partial charge in [-0.25, -0.2) is 0 Å². The zero-order valence-corrected chi connectivity index (χ0v) is 13.0. The summed E-state index contributed by atoms with van der Waals surface area (Å²) in [6.07, 6.45) is 4.27. The Morgan fingerprint density at radius 3 is 2.84 bits per heavy atom. The van der Waals surface area contributed by atoms with Gasteiger partial charge in [-0.1, -0.05) is 15.9 Å². The summed E-state index contributed by atoms with van der Waals surface area (Å²) >= 11 is 3.55. The Hall–Kier alpha value is -0.580. The van der Waals surface area contributed by atoms with Crippen molar-refractivity contribution in [2.24, 2.45) is 0 Å². The van der Waals surface area contributed by atoms with Gasteiger partial charge in [0.2, 0.25) is 0 Å². The smallest absolute Gasteiger partial charge is 0.126 e. The first-order valence-electron chi connectivity index (χ1n) is 6.96. The fourth-order valence-corrected chi connectivity index (χ4v) is 2.69. The van der Waals surface area contributed by atoms with Crippen molar-refractivity contribution < 1.29 is 9.84 Å². The van der Waals surface area contributed by atoms with Crippen molar-refractivity contribution in [2.45, 2.75) is 45.2 Å². The highest BCUT2D eigenvalue weighted by Gasteiger charge is 2.21. The van der Waals surface area contributed by atoms with Crippen molar-refractivity contribution in [1.29, 1.82) is 0 Å². The van der Waals surface area contributed by atoms with Crippen LogP contribution in [-0.4, -0.2) is 24.4 Å². The van der Waals surface area contributed by atoms with Gasteiger partial charge in [0.15, 0.2) is 0 Å². The zero-order chi connectivity index (χ0) is 13.7. The number of hydrogen-bond donors (Lipinski definition) is 2. The van der Waals surface area contributed by atoms with Crippen molar-refractivity contribution in [2.75, 3.05) is 13.2 Å². The van der Waals surface area contributed by atoms with Gasteiger partial charge in [-0.2, -0.15) is 0 Å². The Kier molecular flexibility index (Phi) is 5.67. The van der Waals surface area contributed by atoms with E-state index in [1.165, 1.54) is 18.4 Å². The lowest BCUT2D eigenvalue weighted by molar-refractivity contribution is 0.251. The van der Waals surface area contributed by atoms with Crippen LogP contribution in [0.2, 0.25) is 0 Å². The van der Waals surface area contributed by atoms with Gasteiger partial charge in [0.25, 0.3) is 0 Å². The molecule has 0 aromatic heterocycles. The van der Waals surface area contributed by atoms with Gasteiger partial charge in [-0.3, -0.25) is 0 Å². The van der Waals surface area contributed by atoms with E-state index >= 15 is 0 Å². The molecule has 1 aliphatic carbocycles. The predicted octanol–water partition coefficient (Wildman–Crippen LogP) is 3.16. The third-order valence-electron chi connectivity index (χ3n) is 3.27. The molecule has 3 nitrogen and oxygen atoms in total. The van der Waals surface area contributed by atoms with Gasteiger partial charge < -0.3 is 15.2 Å². The molecule has 1 fully saturated rings. The second kappa shape index (κ2) is 7.27. The summed E-state index contributed by atoms with van der Waals surface area (Å²) in [7, 11) is 0. The lowest BCUT2D eigenvalue weighted by atomic mass is 10.1. The fourth-order valence-electron chi connectivity index (χ4n) is 2.07. The molecule has 0 spiro atoms. The Morgan fingerprint density at radius 2 is 2.16 bits per heavy atom. The number of hydrogen-bond acceptors (Lipinski definition) is 3. The molecule has 2 N–H and O–H groups in total. The molecule has 0 aliphatic heterocycles. The molecule has 106 valence electrons. The summed E-state index contributed by atoms with van der Waals surface area (Å²) in [6, 6.07) is 4.91. The summed E-state index contributed by atoms with van der Waals surface area (Å²) in [5, 5.41) is 12.3. The standard InChI is InChI=1S/C15H22BrNO2/c1-11-8-13(16)9-12(10-17-14-4-5-14)15(11)19-7-3-2-6-18/h8-9,14,17-18H,2-7,10H2,1H3. The van der Waals surface area contributed by atoms with Crippen LogP contribution in [0, 0.1) is 6.92 Å². The topological polar surface area (TPSA) is 41.5 Å². The van der Waals surface area contributed by atoms with Crippen LogP contribution in [0.5, 0.6) is 5.75 Å². The summed E-state index contributed by atoms with van der Waals surface area (Å²) in [4.78, 5) is 0. The quantitative estimate of drug-likeness (QED) is 0.720. The van der Waals surface area contributed by atoms with E-state index in [-0.39, 0.29) is 6.61 Å². The molecule has 0 heterocycles. The third kappa shape index (κ3) is 4.79. The monoisotopic (exact) mass is 327 g/mol. The normalized spacial score (nSPS) is 14.7. The molecular weight excluding hydrogens is 306 g/mol. The highest BCUT2D eigenvalue weighted by Crippen LogP contribution is 2.29. The molecule has 0 saturated heterocycles. The molecule has 0 bridgehead atoms. The average Bonchev–Trinajstić information content (AvgIpc) is 3.18. The van der Waals surface area contributed by atoms with E-state index < -0.39 is 0 Å². The molecular formula is C15H22BrNO2. The zero-order valence-electron chi connectivity index (χ0n) is 11.4. The Morgan fingerprint density at radius 1 is 1.37 bits per heavy atom. The number of rotatable bonds is 8. The van der Waals surface area contributed by atoms with E-state index in [9.17, 15) is 0 Å². The fraction of sp³-hybridized carbons (Fsp3) is 0.600. The first kappa shape index (κ1) is 14.8. The Balaban J connectivity index is 1.99. The number of aryl methyl sites for hydroxylation is 1. The van der Waals surface area contributed by atoms with Gasteiger partial charge in [0, 0.05) is 29.2 Å². The number of unbranched alkanes of at least 4 members (excludes halogenated alkanes) is 1. The predicted molar refractivity (Wildman–Crippen MR) is 80.6 cm³/mol. The molecule has 19 heavy (non-hydrogen) atoms. The molecule has 1 saturated carbocycles. The maximum absolute atomic E-state index is 8.79. The largest absolute Gasteiger partial charge is 0.493 e. The van der Waals surface area contributed by atoms with Crippen molar-refractivity contribution in [3.8, 4) is 5.75 Å². The van der Waals surface area contributed by atoms with E-state index in [0.29, 0.717) is 12.6 Å². The number of ether oxygens (including phenoxy) is 1. The average molecular weight is 328 g/mol. The molecule has 1 aliphatic rings. The minimum atomic E-state index is 0.235. The molecule has 4 heteroatoms. The van der Waals surface area contributed by atoms with Crippen molar-refractivity contribution in [1.82, 2.24) is 5.32 Å². The summed E-state index contributed by atoms with van der Waals surface area (Å²) < 4.78 is 7.00. The van der Waals surface area contributed by atoms with Crippen molar-refractivity contribution in [3.63, 3.8) is 0 Å². The summed E-state index contributed by atoms with van der Waals surface area (Å²) in [5.74, 6) is 0.995. The van der Waals surface area contributed by atoms with E-state index in [0.717, 1.165) is 35.2 Å². The van der Waals surface area contributed by atoms with Crippen molar-refractivity contribution in [3.05, 3.63) is 27.7 Å².